The molecule has 19 heavy (non-hydrogen) atoms. The van der Waals surface area contributed by atoms with Gasteiger partial charge in [0.25, 0.3) is 0 Å². The van der Waals surface area contributed by atoms with Gasteiger partial charge in [0.05, 0.1) is 44.8 Å². The van der Waals surface area contributed by atoms with E-state index in [9.17, 15) is 18.3 Å². The molecule has 0 bridgehead atoms. The van der Waals surface area contributed by atoms with Crippen LogP contribution in [0.1, 0.15) is 0 Å². The van der Waals surface area contributed by atoms with Gasteiger partial charge < -0.3 is 14.4 Å². The summed E-state index contributed by atoms with van der Waals surface area (Å²) in [5, 5.41) is 10.5. The number of hydrogen-bond donors (Lipinski definition) is 0. The number of carboxylic acid groups (broad SMARTS) is 1. The van der Waals surface area contributed by atoms with Crippen LogP contribution in [-0.2, 0) is 14.6 Å². The lowest BCUT2D eigenvalue weighted by Crippen LogP contribution is -2.30. The molecular weight excluding hydrogens is 290 g/mol. The Kier molecular flexibility index (Phi) is 6.48. The molecule has 1 rings (SSSR count). The Balaban J connectivity index is 0.000000555. The van der Waals surface area contributed by atoms with Crippen LogP contribution in [0.25, 0.3) is 0 Å². The molecule has 0 spiro atoms. The van der Waals surface area contributed by atoms with E-state index < -0.39 is 21.6 Å². The molecule has 5 nitrogen and oxygen atoms in total. The Morgan fingerprint density at radius 3 is 1.84 bits per heavy atom. The largest absolute Gasteiger partial charge is 0.549 e. The standard InChI is InChI=1S/C8H7ClO4S.C4H12N/c9-6-1-3-7(4-2-6)14(12,13)5-8(10)11;1-5(2,3)4/h1-4H,5H2,(H,10,11);1-4H3/q;+1/p-1. The number of carbonyl (C=O) groups is 1. The van der Waals surface area contributed by atoms with E-state index in [-0.39, 0.29) is 4.90 Å². The van der Waals surface area contributed by atoms with Gasteiger partial charge in [-0.3, -0.25) is 0 Å². The van der Waals surface area contributed by atoms with Crippen molar-refractivity contribution in [3.63, 3.8) is 0 Å². The van der Waals surface area contributed by atoms with Gasteiger partial charge in [0.1, 0.15) is 0 Å². The van der Waals surface area contributed by atoms with Gasteiger partial charge >= 0.3 is 0 Å². The van der Waals surface area contributed by atoms with Crippen molar-refractivity contribution in [2.45, 2.75) is 4.90 Å². The van der Waals surface area contributed by atoms with Crippen LogP contribution in [0, 0.1) is 0 Å². The molecular formula is C12H18ClNO4S. The van der Waals surface area contributed by atoms with Gasteiger partial charge in [-0.05, 0) is 24.3 Å². The summed E-state index contributed by atoms with van der Waals surface area (Å²) in [5.74, 6) is -2.64. The average molecular weight is 308 g/mol. The molecule has 0 amide bonds. The second-order valence-electron chi connectivity index (χ2n) is 5.27. The molecule has 0 fully saturated rings. The van der Waals surface area contributed by atoms with Crippen molar-refractivity contribution in [2.24, 2.45) is 0 Å². The third-order valence-electron chi connectivity index (χ3n) is 1.48. The summed E-state index contributed by atoms with van der Waals surface area (Å²) in [6.45, 7) is 0. The van der Waals surface area contributed by atoms with Crippen LogP contribution in [-0.4, -0.2) is 52.8 Å². The van der Waals surface area contributed by atoms with Crippen molar-refractivity contribution in [1.82, 2.24) is 0 Å². The highest BCUT2D eigenvalue weighted by molar-refractivity contribution is 7.92. The van der Waals surface area contributed by atoms with Crippen molar-refractivity contribution in [3.8, 4) is 0 Å². The van der Waals surface area contributed by atoms with Gasteiger partial charge in [0.15, 0.2) is 9.84 Å². The molecule has 0 radical (unpaired) electrons. The van der Waals surface area contributed by atoms with Crippen LogP contribution in [0.4, 0.5) is 0 Å². The summed E-state index contributed by atoms with van der Waals surface area (Å²) in [4.78, 5) is 10.1. The van der Waals surface area contributed by atoms with Crippen LogP contribution >= 0.6 is 11.6 Å². The summed E-state index contributed by atoms with van der Waals surface area (Å²) in [6, 6.07) is 5.26. The molecule has 0 atom stereocenters. The Morgan fingerprint density at radius 1 is 1.16 bits per heavy atom. The van der Waals surface area contributed by atoms with Gasteiger partial charge in [-0.2, -0.15) is 0 Å². The SMILES string of the molecule is C[N+](C)(C)C.O=C([O-])CS(=O)(=O)c1ccc(Cl)cc1. The molecule has 0 aliphatic heterocycles. The number of hydrogen-bond acceptors (Lipinski definition) is 4. The zero-order valence-electron chi connectivity index (χ0n) is 11.4. The van der Waals surface area contributed by atoms with E-state index in [1.807, 2.05) is 0 Å². The Morgan fingerprint density at radius 2 is 1.53 bits per heavy atom. The smallest absolute Gasteiger partial charge is 0.183 e. The minimum absolute atomic E-state index is 0.0777. The van der Waals surface area contributed by atoms with E-state index in [4.69, 9.17) is 11.6 Å². The molecule has 7 heteroatoms. The number of rotatable bonds is 3. The molecule has 1 aromatic rings. The fraction of sp³-hybridized carbons (Fsp3) is 0.417. The predicted molar refractivity (Wildman–Crippen MR) is 72.5 cm³/mol. The zero-order chi connectivity index (χ0) is 15.3. The van der Waals surface area contributed by atoms with Crippen molar-refractivity contribution < 1.29 is 22.8 Å². The van der Waals surface area contributed by atoms with E-state index in [1.54, 1.807) is 0 Å². The lowest BCUT2D eigenvalue weighted by molar-refractivity contribution is -0.849. The fourth-order valence-corrected chi connectivity index (χ4v) is 2.03. The summed E-state index contributed by atoms with van der Waals surface area (Å²) in [6.07, 6.45) is 0. The molecule has 108 valence electrons. The van der Waals surface area contributed by atoms with Gasteiger partial charge in [0.2, 0.25) is 0 Å². The van der Waals surface area contributed by atoms with Crippen LogP contribution in [0.2, 0.25) is 5.02 Å². The quantitative estimate of drug-likeness (QED) is 0.747. The number of carboxylic acids is 1. The van der Waals surface area contributed by atoms with Gasteiger partial charge in [-0.25, -0.2) is 8.42 Å². The normalized spacial score (nSPS) is 11.4. The first kappa shape index (κ1) is 17.9. The van der Waals surface area contributed by atoms with E-state index in [0.29, 0.717) is 5.02 Å². The third kappa shape index (κ3) is 9.47. The molecule has 0 heterocycles. The molecule has 0 unspecified atom stereocenters. The number of carbonyl (C=O) groups excluding carboxylic acids is 1. The fourth-order valence-electron chi connectivity index (χ4n) is 0.880. The lowest BCUT2D eigenvalue weighted by atomic mass is 10.4. The highest BCUT2D eigenvalue weighted by Crippen LogP contribution is 2.14. The van der Waals surface area contributed by atoms with Crippen LogP contribution in [0.5, 0.6) is 0 Å². The first-order chi connectivity index (χ1) is 8.42. The number of sulfone groups is 1. The first-order valence-electron chi connectivity index (χ1n) is 5.39. The molecule has 1 aromatic carbocycles. The maximum Gasteiger partial charge on any atom is 0.183 e. The van der Waals surface area contributed by atoms with Crippen LogP contribution in [0.15, 0.2) is 29.2 Å². The molecule has 0 aromatic heterocycles. The molecule has 0 N–H and O–H groups in total. The number of halogens is 1. The first-order valence-corrected chi connectivity index (χ1v) is 7.42. The second kappa shape index (κ2) is 6.88. The van der Waals surface area contributed by atoms with Gasteiger partial charge in [-0.15, -0.1) is 0 Å². The highest BCUT2D eigenvalue weighted by Gasteiger charge is 2.13. The second-order valence-corrected chi connectivity index (χ2v) is 7.69. The molecule has 0 aliphatic rings. The van der Waals surface area contributed by atoms with Crippen molar-refractivity contribution in [1.29, 1.82) is 0 Å². The number of benzene rings is 1. The minimum atomic E-state index is -3.80. The predicted octanol–water partition coefficient (Wildman–Crippen LogP) is 0.186. The zero-order valence-corrected chi connectivity index (χ0v) is 13.0. The Hall–Kier alpha value is -1.11. The Bertz CT molecular complexity index is 512. The van der Waals surface area contributed by atoms with E-state index in [1.165, 1.54) is 24.3 Å². The van der Waals surface area contributed by atoms with Crippen molar-refractivity contribution in [2.75, 3.05) is 33.9 Å². The minimum Gasteiger partial charge on any atom is -0.549 e. The average Bonchev–Trinajstić information content (AvgIpc) is 2.13. The molecule has 0 saturated carbocycles. The summed E-state index contributed by atoms with van der Waals surface area (Å²) in [7, 11) is 4.70. The number of aliphatic carboxylic acids is 1. The lowest BCUT2D eigenvalue weighted by Gasteiger charge is -2.14. The maximum atomic E-state index is 11.3. The van der Waals surface area contributed by atoms with Crippen molar-refractivity contribution in [3.05, 3.63) is 29.3 Å². The summed E-state index contributed by atoms with van der Waals surface area (Å²) in [5.41, 5.74) is 0. The molecule has 0 aliphatic carbocycles. The molecule has 0 saturated heterocycles. The van der Waals surface area contributed by atoms with Gasteiger partial charge in [0, 0.05) is 5.02 Å². The van der Waals surface area contributed by atoms with Crippen LogP contribution in [0.3, 0.4) is 0 Å². The topological polar surface area (TPSA) is 74.3 Å². The number of quaternary nitrogens is 1. The summed E-state index contributed by atoms with van der Waals surface area (Å²) < 4.78 is 23.6. The third-order valence-corrected chi connectivity index (χ3v) is 3.34. The van der Waals surface area contributed by atoms with Crippen molar-refractivity contribution >= 4 is 27.4 Å². The highest BCUT2D eigenvalue weighted by atomic mass is 35.5. The van der Waals surface area contributed by atoms with E-state index in [0.717, 1.165) is 4.48 Å². The monoisotopic (exact) mass is 307 g/mol. The van der Waals surface area contributed by atoms with E-state index in [2.05, 4.69) is 28.2 Å². The Labute approximate surface area is 118 Å². The van der Waals surface area contributed by atoms with Crippen LogP contribution < -0.4 is 5.11 Å². The summed E-state index contributed by atoms with van der Waals surface area (Å²) >= 11 is 5.54. The number of nitrogens with zero attached hydrogens (tertiary/aromatic N) is 1. The van der Waals surface area contributed by atoms with Gasteiger partial charge in [-0.1, -0.05) is 11.6 Å². The van der Waals surface area contributed by atoms with E-state index >= 15 is 0 Å². The maximum absolute atomic E-state index is 11.3.